The molecular weight excluding hydrogens is 328 g/mol. The number of esters is 2. The van der Waals surface area contributed by atoms with Crippen LogP contribution in [0.3, 0.4) is 0 Å². The molecule has 0 aliphatic carbocycles. The fourth-order valence-corrected chi connectivity index (χ4v) is 2.47. The van der Waals surface area contributed by atoms with Crippen molar-refractivity contribution in [2.75, 3.05) is 13.2 Å². The van der Waals surface area contributed by atoms with E-state index < -0.39 is 0 Å². The van der Waals surface area contributed by atoms with Crippen LogP contribution < -0.4 is 0 Å². The Morgan fingerprint density at radius 2 is 1.12 bits per heavy atom. The predicted octanol–water partition coefficient (Wildman–Crippen LogP) is 4.51. The molecule has 0 heterocycles. The Bertz CT molecular complexity index is 749. The van der Waals surface area contributed by atoms with Gasteiger partial charge in [-0.15, -0.1) is 0 Å². The van der Waals surface area contributed by atoms with Crippen molar-refractivity contribution in [1.29, 1.82) is 0 Å². The van der Waals surface area contributed by atoms with Crippen LogP contribution in [0.2, 0.25) is 0 Å². The fraction of sp³-hybridized carbons (Fsp3) is 0.182. The number of hydrogen-bond acceptors (Lipinski definition) is 4. The molecule has 0 radical (unpaired) electrons. The lowest BCUT2D eigenvalue weighted by atomic mass is 9.95. The molecule has 0 saturated heterocycles. The van der Waals surface area contributed by atoms with Crippen LogP contribution in [-0.2, 0) is 19.1 Å². The summed E-state index contributed by atoms with van der Waals surface area (Å²) in [6, 6.07) is 15.5. The van der Waals surface area contributed by atoms with Gasteiger partial charge in [-0.2, -0.15) is 0 Å². The summed E-state index contributed by atoms with van der Waals surface area (Å²) in [7, 11) is 0. The minimum atomic E-state index is -0.377. The number of carbonyl (C=O) groups excluding carboxylic acids is 2. The van der Waals surface area contributed by atoms with Gasteiger partial charge in [-0.3, -0.25) is 0 Å². The van der Waals surface area contributed by atoms with E-state index >= 15 is 0 Å². The third-order valence-electron chi connectivity index (χ3n) is 3.58. The monoisotopic (exact) mass is 350 g/mol. The summed E-state index contributed by atoms with van der Waals surface area (Å²) in [5.41, 5.74) is 3.68. The van der Waals surface area contributed by atoms with Crippen molar-refractivity contribution in [3.63, 3.8) is 0 Å². The number of hydrogen-bond donors (Lipinski definition) is 0. The van der Waals surface area contributed by atoms with E-state index in [1.165, 1.54) is 12.2 Å². The highest BCUT2D eigenvalue weighted by Gasteiger charge is 2.07. The van der Waals surface area contributed by atoms with Crippen molar-refractivity contribution < 1.29 is 19.1 Å². The minimum absolute atomic E-state index is 0.340. The summed E-state index contributed by atoms with van der Waals surface area (Å²) in [5, 5.41) is 0. The smallest absolute Gasteiger partial charge is 0.330 e. The van der Waals surface area contributed by atoms with Gasteiger partial charge in [-0.1, -0.05) is 48.5 Å². The van der Waals surface area contributed by atoms with E-state index in [-0.39, 0.29) is 11.9 Å². The molecule has 0 aliphatic heterocycles. The summed E-state index contributed by atoms with van der Waals surface area (Å²) in [4.78, 5) is 23.2. The van der Waals surface area contributed by atoms with Crippen LogP contribution in [0, 0.1) is 0 Å². The molecule has 2 aromatic rings. The summed E-state index contributed by atoms with van der Waals surface area (Å²) < 4.78 is 9.87. The standard InChI is InChI=1S/C22H22O4/c1-3-25-21(23)15-13-17-9-5-7-11-19(17)20-12-8-6-10-18(20)14-16-22(24)26-4-2/h5-16H,3-4H2,1-2H3/b15-13+,16-14+. The zero-order chi connectivity index (χ0) is 18.8. The Hall–Kier alpha value is -3.14. The lowest BCUT2D eigenvalue weighted by molar-refractivity contribution is -0.138. The number of ether oxygens (including phenoxy) is 2. The minimum Gasteiger partial charge on any atom is -0.463 e. The highest BCUT2D eigenvalue weighted by atomic mass is 16.5. The van der Waals surface area contributed by atoms with Gasteiger partial charge in [0, 0.05) is 12.2 Å². The van der Waals surface area contributed by atoms with Gasteiger partial charge < -0.3 is 9.47 Å². The first-order valence-electron chi connectivity index (χ1n) is 8.53. The van der Waals surface area contributed by atoms with Gasteiger partial charge >= 0.3 is 11.9 Å². The Labute approximate surface area is 153 Å². The SMILES string of the molecule is CCOC(=O)/C=C/c1ccccc1-c1ccccc1/C=C/C(=O)OCC. The van der Waals surface area contributed by atoms with E-state index in [9.17, 15) is 9.59 Å². The molecule has 134 valence electrons. The topological polar surface area (TPSA) is 52.6 Å². The number of rotatable bonds is 7. The molecule has 0 N–H and O–H groups in total. The molecule has 0 atom stereocenters. The zero-order valence-corrected chi connectivity index (χ0v) is 15.0. The highest BCUT2D eigenvalue weighted by Crippen LogP contribution is 2.29. The largest absolute Gasteiger partial charge is 0.463 e. The predicted molar refractivity (Wildman–Crippen MR) is 103 cm³/mol. The highest BCUT2D eigenvalue weighted by molar-refractivity contribution is 5.92. The van der Waals surface area contributed by atoms with Crippen molar-refractivity contribution in [3.8, 4) is 11.1 Å². The van der Waals surface area contributed by atoms with Gasteiger partial charge in [0.05, 0.1) is 13.2 Å². The average Bonchev–Trinajstić information content (AvgIpc) is 2.66. The molecule has 0 aromatic heterocycles. The molecule has 0 spiro atoms. The van der Waals surface area contributed by atoms with Crippen LogP contribution >= 0.6 is 0 Å². The first-order valence-corrected chi connectivity index (χ1v) is 8.53. The van der Waals surface area contributed by atoms with Crippen molar-refractivity contribution in [2.24, 2.45) is 0 Å². The van der Waals surface area contributed by atoms with Crippen molar-refractivity contribution in [1.82, 2.24) is 0 Å². The molecule has 0 unspecified atom stereocenters. The fourth-order valence-electron chi connectivity index (χ4n) is 2.47. The molecular formula is C22H22O4. The molecule has 2 aromatic carbocycles. The Morgan fingerprint density at radius 1 is 0.731 bits per heavy atom. The molecule has 26 heavy (non-hydrogen) atoms. The van der Waals surface area contributed by atoms with Crippen LogP contribution in [-0.4, -0.2) is 25.2 Å². The van der Waals surface area contributed by atoms with Gasteiger partial charge in [0.25, 0.3) is 0 Å². The van der Waals surface area contributed by atoms with E-state index in [1.54, 1.807) is 26.0 Å². The van der Waals surface area contributed by atoms with Crippen LogP contribution in [0.5, 0.6) is 0 Å². The van der Waals surface area contributed by atoms with Crippen LogP contribution in [0.15, 0.2) is 60.7 Å². The molecule has 0 aliphatic rings. The summed E-state index contributed by atoms with van der Waals surface area (Å²) in [6.07, 6.45) is 6.30. The van der Waals surface area contributed by atoms with E-state index in [1.807, 2.05) is 48.5 Å². The normalized spacial score (nSPS) is 11.0. The second-order valence-corrected chi connectivity index (χ2v) is 5.35. The first kappa shape index (κ1) is 19.2. The van der Waals surface area contributed by atoms with Crippen molar-refractivity contribution in [3.05, 3.63) is 71.8 Å². The van der Waals surface area contributed by atoms with E-state index in [0.717, 1.165) is 22.3 Å². The maximum absolute atomic E-state index is 11.6. The van der Waals surface area contributed by atoms with Gasteiger partial charge in [0.1, 0.15) is 0 Å². The molecule has 4 nitrogen and oxygen atoms in total. The van der Waals surface area contributed by atoms with E-state index in [4.69, 9.17) is 9.47 Å². The van der Waals surface area contributed by atoms with Crippen molar-refractivity contribution >= 4 is 24.1 Å². The van der Waals surface area contributed by atoms with Gasteiger partial charge in [-0.05, 0) is 48.3 Å². The quantitative estimate of drug-likeness (QED) is 0.545. The number of benzene rings is 2. The maximum atomic E-state index is 11.6. The van der Waals surface area contributed by atoms with Crippen LogP contribution in [0.25, 0.3) is 23.3 Å². The van der Waals surface area contributed by atoms with Gasteiger partial charge in [0.2, 0.25) is 0 Å². The molecule has 4 heteroatoms. The molecule has 0 saturated carbocycles. The lowest BCUT2D eigenvalue weighted by Gasteiger charge is -2.10. The molecule has 0 bridgehead atoms. The lowest BCUT2D eigenvalue weighted by Crippen LogP contribution is -1.99. The molecule has 0 amide bonds. The zero-order valence-electron chi connectivity index (χ0n) is 15.0. The Morgan fingerprint density at radius 3 is 1.50 bits per heavy atom. The molecule has 0 fully saturated rings. The Balaban J connectivity index is 2.37. The van der Waals surface area contributed by atoms with Crippen molar-refractivity contribution in [2.45, 2.75) is 13.8 Å². The third kappa shape index (κ3) is 5.45. The third-order valence-corrected chi connectivity index (χ3v) is 3.58. The molecule has 2 rings (SSSR count). The summed E-state index contributed by atoms with van der Waals surface area (Å²) in [5.74, 6) is -0.754. The van der Waals surface area contributed by atoms with Gasteiger partial charge in [0.15, 0.2) is 0 Å². The Kier molecular flexibility index (Phi) is 7.37. The van der Waals surface area contributed by atoms with Crippen LogP contribution in [0.1, 0.15) is 25.0 Å². The van der Waals surface area contributed by atoms with Crippen LogP contribution in [0.4, 0.5) is 0 Å². The second-order valence-electron chi connectivity index (χ2n) is 5.35. The van der Waals surface area contributed by atoms with E-state index in [0.29, 0.717) is 13.2 Å². The summed E-state index contributed by atoms with van der Waals surface area (Å²) in [6.45, 7) is 4.22. The summed E-state index contributed by atoms with van der Waals surface area (Å²) >= 11 is 0. The maximum Gasteiger partial charge on any atom is 0.330 e. The number of carbonyl (C=O) groups is 2. The average molecular weight is 350 g/mol. The second kappa shape index (κ2) is 9.99. The first-order chi connectivity index (χ1) is 12.7. The van der Waals surface area contributed by atoms with E-state index in [2.05, 4.69) is 0 Å². The van der Waals surface area contributed by atoms with Gasteiger partial charge in [-0.25, -0.2) is 9.59 Å².